The van der Waals surface area contributed by atoms with Crippen LogP contribution in [-0.2, 0) is 11.2 Å². The minimum absolute atomic E-state index is 0.176. The van der Waals surface area contributed by atoms with Gasteiger partial charge in [-0.2, -0.15) is 0 Å². The van der Waals surface area contributed by atoms with Gasteiger partial charge in [0.05, 0.1) is 7.11 Å². The summed E-state index contributed by atoms with van der Waals surface area (Å²) in [4.78, 5) is 13.0. The van der Waals surface area contributed by atoms with Crippen molar-refractivity contribution in [1.29, 1.82) is 0 Å². The number of Topliss-reactive ketones (excluding diaryl/α,β-unsaturated/α-hetero) is 1. The topological polar surface area (TPSA) is 26.3 Å². The van der Waals surface area contributed by atoms with Gasteiger partial charge in [0.15, 0.2) is 0 Å². The first-order valence-electron chi connectivity index (χ1n) is 9.50. The Kier molecular flexibility index (Phi) is 3.90. The van der Waals surface area contributed by atoms with Gasteiger partial charge in [-0.15, -0.1) is 0 Å². The third kappa shape index (κ3) is 2.49. The van der Waals surface area contributed by atoms with Crippen molar-refractivity contribution in [1.82, 2.24) is 0 Å². The van der Waals surface area contributed by atoms with Gasteiger partial charge in [-0.3, -0.25) is 4.79 Å². The fraction of sp³-hybridized carbons (Fsp3) is 0.522. The van der Waals surface area contributed by atoms with Crippen molar-refractivity contribution < 1.29 is 9.53 Å². The average Bonchev–Trinajstić information content (AvgIpc) is 2.61. The lowest BCUT2D eigenvalue weighted by atomic mass is 9.52. The first kappa shape index (κ1) is 16.6. The van der Waals surface area contributed by atoms with Crippen molar-refractivity contribution in [3.63, 3.8) is 0 Å². The highest BCUT2D eigenvalue weighted by molar-refractivity contribution is 5.88. The zero-order valence-electron chi connectivity index (χ0n) is 15.6. The number of rotatable bonds is 2. The molecule has 1 aromatic rings. The molecule has 0 aromatic heterocycles. The van der Waals surface area contributed by atoms with Gasteiger partial charge in [-0.05, 0) is 79.2 Å². The highest BCUT2D eigenvalue weighted by Crippen LogP contribution is 2.57. The maximum Gasteiger partial charge on any atom is 0.139 e. The minimum Gasteiger partial charge on any atom is -0.497 e. The maximum atomic E-state index is 13.0. The zero-order valence-corrected chi connectivity index (χ0v) is 15.6. The lowest BCUT2D eigenvalue weighted by molar-refractivity contribution is -0.137. The van der Waals surface area contributed by atoms with Crippen LogP contribution in [-0.4, -0.2) is 12.9 Å². The number of benzene rings is 1. The molecule has 0 heterocycles. The summed E-state index contributed by atoms with van der Waals surface area (Å²) in [6, 6.07) is 6.47. The fourth-order valence-electron chi connectivity index (χ4n) is 5.42. The van der Waals surface area contributed by atoms with Gasteiger partial charge < -0.3 is 4.74 Å². The van der Waals surface area contributed by atoms with Crippen LogP contribution in [0.25, 0.3) is 5.57 Å². The molecule has 4 atom stereocenters. The molecule has 1 fully saturated rings. The Morgan fingerprint density at radius 3 is 2.88 bits per heavy atom. The number of allylic oxidation sites excluding steroid dienone is 3. The van der Waals surface area contributed by atoms with E-state index in [9.17, 15) is 4.79 Å². The van der Waals surface area contributed by atoms with E-state index in [2.05, 4.69) is 44.7 Å². The summed E-state index contributed by atoms with van der Waals surface area (Å²) in [5.74, 6) is 2.71. The van der Waals surface area contributed by atoms with Crippen LogP contribution < -0.4 is 4.74 Å². The van der Waals surface area contributed by atoms with E-state index < -0.39 is 0 Å². The molecule has 1 saturated carbocycles. The highest BCUT2D eigenvalue weighted by Gasteiger charge is 2.52. The standard InChI is InChI=1S/C23H28O2/c1-14(2)16-12-21-20-7-5-15-11-17(25-4)6-8-18(15)19(20)9-10-23(21,3)22(24)13-16/h6,8-9,11,16,20-21H,1,5,7,10,12-13H2,2-4H3/t16-,20-,21+,23-/m1/s1. The van der Waals surface area contributed by atoms with E-state index in [1.807, 2.05) is 0 Å². The van der Waals surface area contributed by atoms with E-state index in [0.717, 1.165) is 31.4 Å². The zero-order chi connectivity index (χ0) is 17.8. The van der Waals surface area contributed by atoms with Crippen molar-refractivity contribution in [2.24, 2.45) is 23.2 Å². The van der Waals surface area contributed by atoms with E-state index in [1.54, 1.807) is 7.11 Å². The number of hydrogen-bond donors (Lipinski definition) is 0. The van der Waals surface area contributed by atoms with Gasteiger partial charge in [0.25, 0.3) is 0 Å². The maximum absolute atomic E-state index is 13.0. The molecule has 0 unspecified atom stereocenters. The number of carbonyl (C=O) groups excluding carboxylic acids is 1. The molecule has 0 radical (unpaired) electrons. The monoisotopic (exact) mass is 336 g/mol. The van der Waals surface area contributed by atoms with Crippen LogP contribution in [0.4, 0.5) is 0 Å². The smallest absolute Gasteiger partial charge is 0.139 e. The molecule has 132 valence electrons. The van der Waals surface area contributed by atoms with Crippen LogP contribution in [0, 0.1) is 23.2 Å². The molecule has 0 bridgehead atoms. The second-order valence-corrected chi connectivity index (χ2v) is 8.46. The number of hydrogen-bond acceptors (Lipinski definition) is 2. The number of ketones is 1. The van der Waals surface area contributed by atoms with Crippen molar-refractivity contribution >= 4 is 11.4 Å². The number of aryl methyl sites for hydroxylation is 1. The van der Waals surface area contributed by atoms with Gasteiger partial charge in [0.2, 0.25) is 0 Å². The van der Waals surface area contributed by atoms with E-state index in [-0.39, 0.29) is 5.41 Å². The molecule has 0 amide bonds. The Morgan fingerprint density at radius 1 is 1.36 bits per heavy atom. The van der Waals surface area contributed by atoms with Crippen molar-refractivity contribution in [2.45, 2.75) is 46.0 Å². The van der Waals surface area contributed by atoms with Gasteiger partial charge in [-0.1, -0.05) is 31.2 Å². The summed E-state index contributed by atoms with van der Waals surface area (Å²) in [7, 11) is 1.73. The van der Waals surface area contributed by atoms with E-state index in [4.69, 9.17) is 4.74 Å². The second-order valence-electron chi connectivity index (χ2n) is 8.46. The van der Waals surface area contributed by atoms with Crippen molar-refractivity contribution in [3.05, 3.63) is 47.6 Å². The Bertz CT molecular complexity index is 772. The molecule has 2 heteroatoms. The molecule has 0 N–H and O–H groups in total. The van der Waals surface area contributed by atoms with Crippen LogP contribution in [0.2, 0.25) is 0 Å². The Balaban J connectivity index is 1.74. The summed E-state index contributed by atoms with van der Waals surface area (Å²) in [5.41, 5.74) is 5.24. The van der Waals surface area contributed by atoms with Crippen LogP contribution in [0.5, 0.6) is 5.75 Å². The van der Waals surface area contributed by atoms with Gasteiger partial charge in [0, 0.05) is 11.8 Å². The predicted octanol–water partition coefficient (Wildman–Crippen LogP) is 5.22. The third-order valence-corrected chi connectivity index (χ3v) is 7.10. The molecular weight excluding hydrogens is 308 g/mol. The first-order chi connectivity index (χ1) is 11.9. The molecule has 0 saturated heterocycles. The SMILES string of the molecule is C=C(C)[C@H]1CC(=O)[C@]2(C)CC=C3c4ccc(OC)cc4CC[C@H]3[C@@H]2C1. The highest BCUT2D eigenvalue weighted by atomic mass is 16.5. The van der Waals surface area contributed by atoms with Gasteiger partial charge in [0.1, 0.15) is 11.5 Å². The summed E-state index contributed by atoms with van der Waals surface area (Å²) >= 11 is 0. The van der Waals surface area contributed by atoms with Gasteiger partial charge >= 0.3 is 0 Å². The molecule has 2 nitrogen and oxygen atoms in total. The number of fused-ring (bicyclic) bond motifs is 5. The van der Waals surface area contributed by atoms with E-state index in [1.165, 1.54) is 22.3 Å². The summed E-state index contributed by atoms with van der Waals surface area (Å²) in [5, 5.41) is 0. The summed E-state index contributed by atoms with van der Waals surface area (Å²) < 4.78 is 5.40. The van der Waals surface area contributed by atoms with Gasteiger partial charge in [-0.25, -0.2) is 0 Å². The number of ether oxygens (including phenoxy) is 1. The Morgan fingerprint density at radius 2 is 2.16 bits per heavy atom. The fourth-order valence-corrected chi connectivity index (χ4v) is 5.42. The average molecular weight is 336 g/mol. The van der Waals surface area contributed by atoms with Crippen LogP contribution in [0.3, 0.4) is 0 Å². The largest absolute Gasteiger partial charge is 0.497 e. The molecule has 4 rings (SSSR count). The molecular formula is C23H28O2. The lowest BCUT2D eigenvalue weighted by Crippen LogP contribution is -2.48. The summed E-state index contributed by atoms with van der Waals surface area (Å²) in [6.07, 6.45) is 7.27. The summed E-state index contributed by atoms with van der Waals surface area (Å²) in [6.45, 7) is 8.45. The molecule has 3 aliphatic rings. The molecule has 3 aliphatic carbocycles. The Labute approximate surface area is 151 Å². The van der Waals surface area contributed by atoms with Crippen LogP contribution in [0.1, 0.15) is 50.7 Å². The minimum atomic E-state index is -0.176. The second kappa shape index (κ2) is 5.86. The van der Waals surface area contributed by atoms with Crippen molar-refractivity contribution in [3.8, 4) is 5.75 Å². The van der Waals surface area contributed by atoms with E-state index in [0.29, 0.717) is 30.0 Å². The lowest BCUT2D eigenvalue weighted by Gasteiger charge is -2.51. The Hall–Kier alpha value is -1.83. The first-order valence-corrected chi connectivity index (χ1v) is 9.50. The normalized spacial score (nSPS) is 33.6. The molecule has 25 heavy (non-hydrogen) atoms. The quantitative estimate of drug-likeness (QED) is 0.692. The van der Waals surface area contributed by atoms with Crippen LogP contribution in [0.15, 0.2) is 36.4 Å². The molecule has 1 aromatic carbocycles. The van der Waals surface area contributed by atoms with E-state index >= 15 is 0 Å². The van der Waals surface area contributed by atoms with Crippen molar-refractivity contribution in [2.75, 3.05) is 7.11 Å². The van der Waals surface area contributed by atoms with Crippen LogP contribution >= 0.6 is 0 Å². The number of carbonyl (C=O) groups is 1. The third-order valence-electron chi connectivity index (χ3n) is 7.10. The predicted molar refractivity (Wildman–Crippen MR) is 102 cm³/mol. The number of methoxy groups -OCH3 is 1. The molecule has 0 aliphatic heterocycles. The molecule has 0 spiro atoms.